The summed E-state index contributed by atoms with van der Waals surface area (Å²) in [5, 5.41) is 7.66. The first-order valence-electron chi connectivity index (χ1n) is 5.49. The normalized spacial score (nSPS) is 10.6. The van der Waals surface area contributed by atoms with Crippen LogP contribution >= 0.6 is 15.9 Å². The maximum Gasteiger partial charge on any atom is 0.294 e. The van der Waals surface area contributed by atoms with E-state index < -0.39 is 0 Å². The molecule has 1 aromatic heterocycles. The minimum atomic E-state index is -0.0371. The molecule has 2 rings (SSSR count). The number of oxazole rings is 1. The third-order valence-electron chi connectivity index (χ3n) is 2.88. The van der Waals surface area contributed by atoms with E-state index in [4.69, 9.17) is 9.83 Å². The number of ketones is 1. The first-order valence-corrected chi connectivity index (χ1v) is 6.28. The Morgan fingerprint density at radius 3 is 2.44 bits per heavy atom. The fourth-order valence-electron chi connectivity index (χ4n) is 1.68. The van der Waals surface area contributed by atoms with Crippen LogP contribution in [0, 0.1) is 19.3 Å². The zero-order valence-electron chi connectivity index (χ0n) is 10.2. The number of rotatable bonds is 3. The van der Waals surface area contributed by atoms with E-state index >= 15 is 0 Å². The Hall–Kier alpha value is -1.62. The number of nitrogens with zero attached hydrogens (tertiary/aromatic N) is 1. The molecule has 4 nitrogen and oxygen atoms in total. The van der Waals surface area contributed by atoms with E-state index in [0.717, 1.165) is 10.2 Å². The van der Waals surface area contributed by atoms with Crippen LogP contribution in [-0.4, -0.2) is 10.4 Å². The molecular formula is C13H13BrN2O2. The van der Waals surface area contributed by atoms with Crippen molar-refractivity contribution in [2.45, 2.75) is 20.4 Å². The molecule has 0 radical (unpaired) electrons. The van der Waals surface area contributed by atoms with Crippen molar-refractivity contribution < 1.29 is 9.21 Å². The van der Waals surface area contributed by atoms with Crippen LogP contribution in [0.3, 0.4) is 0 Å². The number of carbonyl (C=O) groups excluding carboxylic acids is 1. The van der Waals surface area contributed by atoms with E-state index in [1.54, 1.807) is 23.6 Å². The smallest absolute Gasteiger partial charge is 0.294 e. The van der Waals surface area contributed by atoms with Crippen molar-refractivity contribution in [2.75, 3.05) is 0 Å². The molecule has 1 heterocycles. The van der Waals surface area contributed by atoms with Gasteiger partial charge in [-0.1, -0.05) is 28.1 Å². The van der Waals surface area contributed by atoms with Crippen molar-refractivity contribution in [1.29, 1.82) is 5.41 Å². The molecule has 0 aliphatic rings. The Morgan fingerprint density at radius 1 is 1.33 bits per heavy atom. The van der Waals surface area contributed by atoms with Gasteiger partial charge in [0.1, 0.15) is 5.76 Å². The minimum Gasteiger partial charge on any atom is -0.429 e. The number of hydrogen-bond donors (Lipinski definition) is 1. The number of aromatic nitrogens is 1. The van der Waals surface area contributed by atoms with Crippen LogP contribution in [0.4, 0.5) is 0 Å². The molecule has 0 fully saturated rings. The Kier molecular flexibility index (Phi) is 3.52. The standard InChI is InChI=1S/C13H13BrN2O2/c1-8-9(2)18-13(15)16(8)7-12(17)10-3-5-11(14)6-4-10/h3-6,15H,7H2,1-2H3. The first kappa shape index (κ1) is 12.8. The Labute approximate surface area is 113 Å². The summed E-state index contributed by atoms with van der Waals surface area (Å²) >= 11 is 3.33. The van der Waals surface area contributed by atoms with E-state index in [0.29, 0.717) is 11.3 Å². The molecule has 0 spiro atoms. The third kappa shape index (κ3) is 2.46. The molecule has 2 aromatic rings. The number of hydrogen-bond acceptors (Lipinski definition) is 3. The number of benzene rings is 1. The number of nitrogens with one attached hydrogen (secondary N) is 1. The summed E-state index contributed by atoms with van der Waals surface area (Å²) in [5.41, 5.74) is 1.45. The highest BCUT2D eigenvalue weighted by Crippen LogP contribution is 2.12. The summed E-state index contributed by atoms with van der Waals surface area (Å²) < 4.78 is 7.67. The van der Waals surface area contributed by atoms with Gasteiger partial charge in [0.15, 0.2) is 5.78 Å². The summed E-state index contributed by atoms with van der Waals surface area (Å²) in [7, 11) is 0. The van der Waals surface area contributed by atoms with E-state index in [1.165, 1.54) is 0 Å². The van der Waals surface area contributed by atoms with Crippen LogP contribution in [0.5, 0.6) is 0 Å². The summed E-state index contributed by atoms with van der Waals surface area (Å²) in [6.07, 6.45) is 0. The maximum absolute atomic E-state index is 12.1. The van der Waals surface area contributed by atoms with E-state index in [9.17, 15) is 4.79 Å². The fourth-order valence-corrected chi connectivity index (χ4v) is 1.94. The lowest BCUT2D eigenvalue weighted by Gasteiger charge is -2.04. The molecule has 0 bridgehead atoms. The molecule has 0 saturated heterocycles. The Morgan fingerprint density at radius 2 is 1.94 bits per heavy atom. The van der Waals surface area contributed by atoms with Crippen LogP contribution in [0.25, 0.3) is 0 Å². The number of carbonyl (C=O) groups is 1. The van der Waals surface area contributed by atoms with Gasteiger partial charge in [0, 0.05) is 10.0 Å². The van der Waals surface area contributed by atoms with Crippen LogP contribution in [0.15, 0.2) is 33.2 Å². The van der Waals surface area contributed by atoms with Gasteiger partial charge in [0.25, 0.3) is 5.68 Å². The summed E-state index contributed by atoms with van der Waals surface area (Å²) in [6.45, 7) is 3.75. The molecule has 0 aliphatic heterocycles. The zero-order chi connectivity index (χ0) is 13.3. The highest BCUT2D eigenvalue weighted by atomic mass is 79.9. The second-order valence-electron chi connectivity index (χ2n) is 4.07. The van der Waals surface area contributed by atoms with Gasteiger partial charge in [-0.05, 0) is 26.0 Å². The van der Waals surface area contributed by atoms with Crippen LogP contribution in [0.2, 0.25) is 0 Å². The van der Waals surface area contributed by atoms with E-state index in [1.807, 2.05) is 19.1 Å². The predicted molar refractivity (Wildman–Crippen MR) is 70.5 cm³/mol. The second-order valence-corrected chi connectivity index (χ2v) is 4.98. The first-order chi connectivity index (χ1) is 8.49. The lowest BCUT2D eigenvalue weighted by atomic mass is 10.1. The van der Waals surface area contributed by atoms with Gasteiger partial charge < -0.3 is 4.42 Å². The third-order valence-corrected chi connectivity index (χ3v) is 3.41. The van der Waals surface area contributed by atoms with Crippen molar-refractivity contribution >= 4 is 21.7 Å². The highest BCUT2D eigenvalue weighted by molar-refractivity contribution is 9.10. The fraction of sp³-hybridized carbons (Fsp3) is 0.231. The van der Waals surface area contributed by atoms with Crippen LogP contribution < -0.4 is 5.68 Å². The quantitative estimate of drug-likeness (QED) is 0.886. The van der Waals surface area contributed by atoms with Crippen LogP contribution in [0.1, 0.15) is 21.8 Å². The van der Waals surface area contributed by atoms with E-state index in [-0.39, 0.29) is 18.0 Å². The summed E-state index contributed by atoms with van der Waals surface area (Å²) in [4.78, 5) is 12.1. The SMILES string of the molecule is Cc1oc(=N)n(CC(=O)c2ccc(Br)cc2)c1C. The molecule has 0 amide bonds. The molecular weight excluding hydrogens is 296 g/mol. The molecule has 18 heavy (non-hydrogen) atoms. The molecule has 0 unspecified atom stereocenters. The topological polar surface area (TPSA) is 59.0 Å². The summed E-state index contributed by atoms with van der Waals surface area (Å²) in [6, 6.07) is 7.18. The monoisotopic (exact) mass is 308 g/mol. The molecule has 1 N–H and O–H groups in total. The maximum atomic E-state index is 12.1. The lowest BCUT2D eigenvalue weighted by molar-refractivity contribution is 0.0967. The van der Waals surface area contributed by atoms with Gasteiger partial charge in [0.2, 0.25) is 0 Å². The average molecular weight is 309 g/mol. The van der Waals surface area contributed by atoms with Crippen LogP contribution in [-0.2, 0) is 6.54 Å². The predicted octanol–water partition coefficient (Wildman–Crippen LogP) is 2.82. The van der Waals surface area contributed by atoms with Gasteiger partial charge in [-0.2, -0.15) is 0 Å². The number of halogens is 1. The molecule has 94 valence electrons. The summed E-state index contributed by atoms with van der Waals surface area (Å²) in [5.74, 6) is 0.633. The van der Waals surface area contributed by atoms with Crippen molar-refractivity contribution in [1.82, 2.24) is 4.57 Å². The van der Waals surface area contributed by atoms with Gasteiger partial charge in [0.05, 0.1) is 12.2 Å². The Balaban J connectivity index is 2.27. The van der Waals surface area contributed by atoms with Gasteiger partial charge in [-0.25, -0.2) is 0 Å². The van der Waals surface area contributed by atoms with Crippen molar-refractivity contribution in [2.24, 2.45) is 0 Å². The van der Waals surface area contributed by atoms with Gasteiger partial charge in [-0.15, -0.1) is 0 Å². The van der Waals surface area contributed by atoms with Crippen molar-refractivity contribution in [3.05, 3.63) is 51.4 Å². The van der Waals surface area contributed by atoms with Gasteiger partial charge in [-0.3, -0.25) is 14.8 Å². The van der Waals surface area contributed by atoms with Crippen molar-refractivity contribution in [3.8, 4) is 0 Å². The minimum absolute atomic E-state index is 0.00969. The largest absolute Gasteiger partial charge is 0.429 e. The molecule has 0 saturated carbocycles. The Bertz CT molecular complexity index is 638. The number of Topliss-reactive ketones (excluding diaryl/α,β-unsaturated/α-hetero) is 1. The molecule has 1 aromatic carbocycles. The molecule has 0 atom stereocenters. The second kappa shape index (κ2) is 4.94. The number of aryl methyl sites for hydroxylation is 1. The van der Waals surface area contributed by atoms with E-state index in [2.05, 4.69) is 15.9 Å². The zero-order valence-corrected chi connectivity index (χ0v) is 11.7. The van der Waals surface area contributed by atoms with Crippen molar-refractivity contribution in [3.63, 3.8) is 0 Å². The lowest BCUT2D eigenvalue weighted by Crippen LogP contribution is -2.21. The van der Waals surface area contributed by atoms with Gasteiger partial charge >= 0.3 is 0 Å². The molecule has 5 heteroatoms. The average Bonchev–Trinajstić information content (AvgIpc) is 2.57. The molecule has 0 aliphatic carbocycles. The highest BCUT2D eigenvalue weighted by Gasteiger charge is 2.12.